The Balaban J connectivity index is 1.91. The molecule has 94 valence electrons. The van der Waals surface area contributed by atoms with Gasteiger partial charge in [-0.15, -0.1) is 11.3 Å². The van der Waals surface area contributed by atoms with Crippen LogP contribution in [0.2, 0.25) is 0 Å². The number of hydrogen-bond acceptors (Lipinski definition) is 4. The van der Waals surface area contributed by atoms with Gasteiger partial charge in [0.2, 0.25) is 0 Å². The first kappa shape index (κ1) is 13.2. The van der Waals surface area contributed by atoms with Gasteiger partial charge in [-0.25, -0.2) is 9.37 Å². The van der Waals surface area contributed by atoms with Crippen molar-refractivity contribution >= 4 is 33.2 Å². The largest absolute Gasteiger partial charge is 0.458 e. The summed E-state index contributed by atoms with van der Waals surface area (Å²) in [6.07, 6.45) is 1.76. The number of esters is 1. The minimum absolute atomic E-state index is 0.103. The maximum absolute atomic E-state index is 12.9. The van der Waals surface area contributed by atoms with Gasteiger partial charge in [0.05, 0.1) is 6.42 Å². The van der Waals surface area contributed by atoms with E-state index < -0.39 is 0 Å². The van der Waals surface area contributed by atoms with Gasteiger partial charge in [0.25, 0.3) is 0 Å². The highest BCUT2D eigenvalue weighted by molar-refractivity contribution is 9.10. The lowest BCUT2D eigenvalue weighted by molar-refractivity contribution is -0.144. The van der Waals surface area contributed by atoms with Gasteiger partial charge >= 0.3 is 5.97 Å². The van der Waals surface area contributed by atoms with Crippen LogP contribution in [0.5, 0.6) is 0 Å². The Morgan fingerprint density at radius 1 is 1.50 bits per heavy atom. The van der Waals surface area contributed by atoms with Gasteiger partial charge in [0.15, 0.2) is 0 Å². The number of carbonyl (C=O) groups excluding carboxylic acids is 1. The molecule has 0 fully saturated rings. The number of ether oxygens (including phenoxy) is 1. The standard InChI is InChI=1S/C12H9BrFNO2S/c13-10-6-9(14)2-1-8(10)5-12(16)17-7-11-15-3-4-18-11/h1-4,6H,5,7H2. The number of aromatic nitrogens is 1. The first-order valence-electron chi connectivity index (χ1n) is 5.13. The van der Waals surface area contributed by atoms with E-state index in [0.717, 1.165) is 5.01 Å². The topological polar surface area (TPSA) is 39.2 Å². The molecule has 0 saturated carbocycles. The highest BCUT2D eigenvalue weighted by Crippen LogP contribution is 2.19. The van der Waals surface area contributed by atoms with Gasteiger partial charge in [0.1, 0.15) is 17.4 Å². The SMILES string of the molecule is O=C(Cc1ccc(F)cc1Br)OCc1nccs1. The van der Waals surface area contributed by atoms with Crippen LogP contribution in [-0.4, -0.2) is 11.0 Å². The molecule has 6 heteroatoms. The summed E-state index contributed by atoms with van der Waals surface area (Å²) >= 11 is 4.64. The number of thiazole rings is 1. The number of hydrogen-bond donors (Lipinski definition) is 0. The predicted octanol–water partition coefficient (Wildman–Crippen LogP) is 3.33. The van der Waals surface area contributed by atoms with Crippen molar-refractivity contribution in [2.24, 2.45) is 0 Å². The van der Waals surface area contributed by atoms with Crippen LogP contribution < -0.4 is 0 Å². The van der Waals surface area contributed by atoms with E-state index in [-0.39, 0.29) is 24.8 Å². The van der Waals surface area contributed by atoms with Crippen molar-refractivity contribution in [2.45, 2.75) is 13.0 Å². The number of benzene rings is 1. The molecule has 0 amide bonds. The van der Waals surface area contributed by atoms with Crippen LogP contribution in [0.4, 0.5) is 4.39 Å². The normalized spacial score (nSPS) is 10.3. The van der Waals surface area contributed by atoms with E-state index in [1.54, 1.807) is 12.3 Å². The fraction of sp³-hybridized carbons (Fsp3) is 0.167. The summed E-state index contributed by atoms with van der Waals surface area (Å²) in [5.41, 5.74) is 0.695. The van der Waals surface area contributed by atoms with E-state index in [1.807, 2.05) is 5.38 Å². The van der Waals surface area contributed by atoms with E-state index in [1.165, 1.54) is 23.5 Å². The second kappa shape index (κ2) is 6.06. The van der Waals surface area contributed by atoms with Crippen molar-refractivity contribution in [3.63, 3.8) is 0 Å². The van der Waals surface area contributed by atoms with Crippen LogP contribution in [0.25, 0.3) is 0 Å². The first-order valence-corrected chi connectivity index (χ1v) is 6.80. The third-order valence-corrected chi connectivity index (χ3v) is 3.68. The monoisotopic (exact) mass is 329 g/mol. The van der Waals surface area contributed by atoms with Crippen LogP contribution in [0.3, 0.4) is 0 Å². The molecule has 1 heterocycles. The van der Waals surface area contributed by atoms with Gasteiger partial charge in [-0.1, -0.05) is 22.0 Å². The molecule has 0 unspecified atom stereocenters. The molecule has 0 atom stereocenters. The highest BCUT2D eigenvalue weighted by atomic mass is 79.9. The zero-order valence-corrected chi connectivity index (χ0v) is 11.6. The number of rotatable bonds is 4. The number of carbonyl (C=O) groups is 1. The molecule has 0 aliphatic heterocycles. The van der Waals surface area contributed by atoms with Gasteiger partial charge in [-0.2, -0.15) is 0 Å². The van der Waals surface area contributed by atoms with Gasteiger partial charge in [-0.3, -0.25) is 4.79 Å². The lowest BCUT2D eigenvalue weighted by Crippen LogP contribution is -2.08. The van der Waals surface area contributed by atoms with Crippen molar-refractivity contribution in [2.75, 3.05) is 0 Å². The third-order valence-electron chi connectivity index (χ3n) is 2.19. The second-order valence-electron chi connectivity index (χ2n) is 3.50. The van der Waals surface area contributed by atoms with Crippen LogP contribution in [0.1, 0.15) is 10.6 Å². The minimum Gasteiger partial charge on any atom is -0.458 e. The smallest absolute Gasteiger partial charge is 0.310 e. The van der Waals surface area contributed by atoms with Gasteiger partial charge in [-0.05, 0) is 17.7 Å². The summed E-state index contributed by atoms with van der Waals surface area (Å²) in [5.74, 6) is -0.709. The number of halogens is 2. The molecule has 0 N–H and O–H groups in total. The van der Waals surface area contributed by atoms with Crippen LogP contribution in [-0.2, 0) is 22.6 Å². The molecule has 0 aliphatic carbocycles. The van der Waals surface area contributed by atoms with E-state index in [2.05, 4.69) is 20.9 Å². The molecule has 0 spiro atoms. The number of nitrogens with zero attached hydrogens (tertiary/aromatic N) is 1. The molecule has 2 rings (SSSR count). The Bertz CT molecular complexity index is 545. The van der Waals surface area contributed by atoms with Crippen LogP contribution in [0.15, 0.2) is 34.2 Å². The minimum atomic E-state index is -0.363. The first-order chi connectivity index (χ1) is 8.65. The molecule has 3 nitrogen and oxygen atoms in total. The van der Waals surface area contributed by atoms with Crippen molar-refractivity contribution in [1.82, 2.24) is 4.98 Å². The Hall–Kier alpha value is -1.27. The molecule has 1 aromatic carbocycles. The average Bonchev–Trinajstić information content (AvgIpc) is 2.83. The average molecular weight is 330 g/mol. The second-order valence-corrected chi connectivity index (χ2v) is 5.33. The van der Waals surface area contributed by atoms with Crippen molar-refractivity contribution in [3.05, 3.63) is 50.6 Å². The Labute approximate surface area is 116 Å². The summed E-state index contributed by atoms with van der Waals surface area (Å²) in [7, 11) is 0. The van der Waals surface area contributed by atoms with E-state index in [0.29, 0.717) is 10.0 Å². The van der Waals surface area contributed by atoms with Gasteiger partial charge < -0.3 is 4.74 Å². The summed E-state index contributed by atoms with van der Waals surface area (Å²) in [4.78, 5) is 15.6. The van der Waals surface area contributed by atoms with E-state index >= 15 is 0 Å². The van der Waals surface area contributed by atoms with Crippen molar-refractivity contribution in [1.29, 1.82) is 0 Å². The van der Waals surface area contributed by atoms with Crippen LogP contribution >= 0.6 is 27.3 Å². The maximum Gasteiger partial charge on any atom is 0.310 e. The lowest BCUT2D eigenvalue weighted by Gasteiger charge is -2.05. The third kappa shape index (κ3) is 3.61. The molecule has 0 radical (unpaired) electrons. The maximum atomic E-state index is 12.9. The Morgan fingerprint density at radius 3 is 3.00 bits per heavy atom. The summed E-state index contributed by atoms with van der Waals surface area (Å²) in [5, 5.41) is 2.57. The summed E-state index contributed by atoms with van der Waals surface area (Å²) in [6, 6.07) is 4.20. The van der Waals surface area contributed by atoms with E-state index in [4.69, 9.17) is 4.74 Å². The van der Waals surface area contributed by atoms with E-state index in [9.17, 15) is 9.18 Å². The summed E-state index contributed by atoms with van der Waals surface area (Å²) in [6.45, 7) is 0.176. The fourth-order valence-corrected chi connectivity index (χ4v) is 2.36. The zero-order chi connectivity index (χ0) is 13.0. The molecule has 0 aliphatic rings. The predicted molar refractivity (Wildman–Crippen MR) is 69.7 cm³/mol. The summed E-state index contributed by atoms with van der Waals surface area (Å²) < 4.78 is 18.5. The van der Waals surface area contributed by atoms with Crippen molar-refractivity contribution < 1.29 is 13.9 Å². The molecule has 0 bridgehead atoms. The zero-order valence-electron chi connectivity index (χ0n) is 9.23. The molecular formula is C12H9BrFNO2S. The van der Waals surface area contributed by atoms with Gasteiger partial charge in [0, 0.05) is 16.0 Å². The molecular weight excluding hydrogens is 321 g/mol. The molecule has 1 aromatic heterocycles. The molecule has 18 heavy (non-hydrogen) atoms. The fourth-order valence-electron chi connectivity index (χ4n) is 1.34. The Morgan fingerprint density at radius 2 is 2.33 bits per heavy atom. The highest BCUT2D eigenvalue weighted by Gasteiger charge is 2.09. The van der Waals surface area contributed by atoms with Crippen molar-refractivity contribution in [3.8, 4) is 0 Å². The lowest BCUT2D eigenvalue weighted by atomic mass is 10.1. The molecule has 0 saturated heterocycles. The Kier molecular flexibility index (Phi) is 4.43. The quantitative estimate of drug-likeness (QED) is 0.807. The van der Waals surface area contributed by atoms with Crippen LogP contribution in [0, 0.1) is 5.82 Å². The molecule has 2 aromatic rings.